The molecule has 5 rings (SSSR count). The minimum absolute atomic E-state index is 0.00108. The predicted octanol–water partition coefficient (Wildman–Crippen LogP) is 5.28. The zero-order valence-electron chi connectivity index (χ0n) is 20.9. The van der Waals surface area contributed by atoms with E-state index in [-0.39, 0.29) is 12.0 Å². The number of carbonyl (C=O) groups excluding carboxylic acids is 1. The van der Waals surface area contributed by atoms with Crippen LogP contribution in [-0.4, -0.2) is 65.4 Å². The number of aryl methyl sites for hydroxylation is 1. The summed E-state index contributed by atoms with van der Waals surface area (Å²) in [6.45, 7) is 11.3. The standard InChI is InChI=1S/C30H41N3O/c1-3-17-31-21-27-15-16-28(22-31)33(27)29(26-10-8-9-23(2)20-26)24-11-13-25(14-12-24)30(34)32-18-6-4-5-7-19-32/h3,8-13,20,25,27-29H,1,4-7,14-19,21-22H2,2H3. The lowest BCUT2D eigenvalue weighted by atomic mass is 9.87. The average molecular weight is 460 g/mol. The SMILES string of the molecule is C=CCN1CC2CCC(C1)N2C(C1=CCC(C(=O)N2CCCCCC2)C=C1)c1cccc(C)c1. The van der Waals surface area contributed by atoms with Crippen molar-refractivity contribution >= 4 is 5.91 Å². The molecular formula is C30H41N3O. The molecule has 2 bridgehead atoms. The average Bonchev–Trinajstić information content (AvgIpc) is 3.04. The Morgan fingerprint density at radius 3 is 2.47 bits per heavy atom. The number of allylic oxidation sites excluding steroid dienone is 1. The van der Waals surface area contributed by atoms with Crippen molar-refractivity contribution in [3.63, 3.8) is 0 Å². The van der Waals surface area contributed by atoms with Crippen molar-refractivity contribution in [3.8, 4) is 0 Å². The number of fused-ring (bicyclic) bond motifs is 2. The summed E-state index contributed by atoms with van der Waals surface area (Å²) < 4.78 is 0. The molecule has 1 aliphatic carbocycles. The van der Waals surface area contributed by atoms with E-state index in [0.29, 0.717) is 18.0 Å². The van der Waals surface area contributed by atoms with Gasteiger partial charge in [0.25, 0.3) is 0 Å². The van der Waals surface area contributed by atoms with E-state index in [1.807, 2.05) is 6.08 Å². The van der Waals surface area contributed by atoms with Crippen molar-refractivity contribution in [2.45, 2.75) is 70.0 Å². The number of amides is 1. The first-order valence-electron chi connectivity index (χ1n) is 13.5. The summed E-state index contributed by atoms with van der Waals surface area (Å²) in [4.78, 5) is 20.7. The third kappa shape index (κ3) is 4.94. The fourth-order valence-corrected chi connectivity index (χ4v) is 6.70. The van der Waals surface area contributed by atoms with Crippen molar-refractivity contribution in [1.82, 2.24) is 14.7 Å². The molecule has 1 amide bonds. The van der Waals surface area contributed by atoms with Gasteiger partial charge in [0.1, 0.15) is 0 Å². The van der Waals surface area contributed by atoms with Gasteiger partial charge in [0.2, 0.25) is 5.91 Å². The largest absolute Gasteiger partial charge is 0.342 e. The van der Waals surface area contributed by atoms with Crippen LogP contribution in [0, 0.1) is 12.8 Å². The summed E-state index contributed by atoms with van der Waals surface area (Å²) in [5, 5.41) is 0. The zero-order valence-corrected chi connectivity index (χ0v) is 20.9. The number of piperazine rings is 1. The van der Waals surface area contributed by atoms with Crippen molar-refractivity contribution in [3.05, 3.63) is 71.8 Å². The Labute approximate surface area is 206 Å². The Bertz CT molecular complexity index is 928. The first-order chi connectivity index (χ1) is 16.6. The lowest BCUT2D eigenvalue weighted by Gasteiger charge is -2.46. The maximum Gasteiger partial charge on any atom is 0.229 e. The molecule has 4 heteroatoms. The first-order valence-corrected chi connectivity index (χ1v) is 13.5. The molecule has 4 unspecified atom stereocenters. The van der Waals surface area contributed by atoms with Gasteiger partial charge in [0.05, 0.1) is 12.0 Å². The summed E-state index contributed by atoms with van der Waals surface area (Å²) in [7, 11) is 0. The fraction of sp³-hybridized carbons (Fsp3) is 0.567. The summed E-state index contributed by atoms with van der Waals surface area (Å²) in [6.07, 6.45) is 17.1. The Morgan fingerprint density at radius 1 is 1.12 bits per heavy atom. The van der Waals surface area contributed by atoms with Gasteiger partial charge in [0.15, 0.2) is 0 Å². The molecule has 4 aliphatic rings. The van der Waals surface area contributed by atoms with Crippen LogP contribution in [0.3, 0.4) is 0 Å². The molecule has 182 valence electrons. The molecule has 0 saturated carbocycles. The lowest BCUT2D eigenvalue weighted by molar-refractivity contribution is -0.133. The van der Waals surface area contributed by atoms with Gasteiger partial charge in [-0.15, -0.1) is 6.58 Å². The Hall–Kier alpha value is -2.17. The molecule has 4 nitrogen and oxygen atoms in total. The molecule has 0 N–H and O–H groups in total. The molecule has 0 radical (unpaired) electrons. The van der Waals surface area contributed by atoms with E-state index >= 15 is 0 Å². The molecule has 1 aromatic carbocycles. The van der Waals surface area contributed by atoms with E-state index < -0.39 is 0 Å². The Morgan fingerprint density at radius 2 is 1.85 bits per heavy atom. The van der Waals surface area contributed by atoms with Gasteiger partial charge in [-0.1, -0.05) is 67.0 Å². The number of rotatable bonds is 6. The number of likely N-dealkylation sites (tertiary alicyclic amines) is 2. The summed E-state index contributed by atoms with van der Waals surface area (Å²) >= 11 is 0. The summed E-state index contributed by atoms with van der Waals surface area (Å²) in [6, 6.07) is 10.5. The van der Waals surface area contributed by atoms with Crippen LogP contribution in [-0.2, 0) is 4.79 Å². The second-order valence-corrected chi connectivity index (χ2v) is 10.8. The number of hydrogen-bond acceptors (Lipinski definition) is 3. The quantitative estimate of drug-likeness (QED) is 0.542. The normalized spacial score (nSPS) is 28.9. The molecule has 1 aromatic rings. The minimum atomic E-state index is 0.00108. The van der Waals surface area contributed by atoms with Crippen molar-refractivity contribution in [2.75, 3.05) is 32.7 Å². The highest BCUT2D eigenvalue weighted by Crippen LogP contribution is 2.42. The molecular weight excluding hydrogens is 418 g/mol. The van der Waals surface area contributed by atoms with Crippen LogP contribution in [0.1, 0.15) is 62.1 Å². The number of benzene rings is 1. The third-order valence-electron chi connectivity index (χ3n) is 8.34. The highest BCUT2D eigenvalue weighted by molar-refractivity contribution is 5.81. The van der Waals surface area contributed by atoms with Crippen LogP contribution in [0.2, 0.25) is 0 Å². The predicted molar refractivity (Wildman–Crippen MR) is 140 cm³/mol. The molecule has 3 fully saturated rings. The number of nitrogens with zero attached hydrogens (tertiary/aromatic N) is 3. The van der Waals surface area contributed by atoms with Gasteiger partial charge < -0.3 is 4.90 Å². The fourth-order valence-electron chi connectivity index (χ4n) is 6.70. The molecule has 0 aromatic heterocycles. The maximum atomic E-state index is 13.2. The Balaban J connectivity index is 1.37. The van der Waals surface area contributed by atoms with E-state index in [2.05, 4.69) is 70.7 Å². The van der Waals surface area contributed by atoms with E-state index in [9.17, 15) is 4.79 Å². The van der Waals surface area contributed by atoms with E-state index in [0.717, 1.165) is 52.0 Å². The Kier molecular flexibility index (Phi) is 7.36. The number of hydrogen-bond donors (Lipinski definition) is 0. The molecule has 3 saturated heterocycles. The van der Waals surface area contributed by atoms with Gasteiger partial charge in [-0.3, -0.25) is 14.6 Å². The van der Waals surface area contributed by atoms with Crippen LogP contribution in [0.4, 0.5) is 0 Å². The van der Waals surface area contributed by atoms with Crippen molar-refractivity contribution < 1.29 is 4.79 Å². The first kappa shape index (κ1) is 23.6. The molecule has 4 atom stereocenters. The van der Waals surface area contributed by atoms with Crippen molar-refractivity contribution in [1.29, 1.82) is 0 Å². The van der Waals surface area contributed by atoms with Crippen LogP contribution < -0.4 is 0 Å². The van der Waals surface area contributed by atoms with Crippen LogP contribution in [0.5, 0.6) is 0 Å². The monoisotopic (exact) mass is 459 g/mol. The lowest BCUT2D eigenvalue weighted by Crippen LogP contribution is -2.54. The molecule has 3 aliphatic heterocycles. The van der Waals surface area contributed by atoms with Crippen LogP contribution in [0.25, 0.3) is 0 Å². The van der Waals surface area contributed by atoms with Gasteiger partial charge in [-0.2, -0.15) is 0 Å². The van der Waals surface area contributed by atoms with E-state index in [1.54, 1.807) is 0 Å². The second kappa shape index (κ2) is 10.6. The topological polar surface area (TPSA) is 26.8 Å². The maximum absolute atomic E-state index is 13.2. The van der Waals surface area contributed by atoms with Gasteiger partial charge in [-0.05, 0) is 50.2 Å². The molecule has 34 heavy (non-hydrogen) atoms. The van der Waals surface area contributed by atoms with Crippen LogP contribution in [0.15, 0.2) is 60.7 Å². The van der Waals surface area contributed by atoms with Crippen molar-refractivity contribution in [2.24, 2.45) is 5.92 Å². The van der Waals surface area contributed by atoms with Gasteiger partial charge >= 0.3 is 0 Å². The minimum Gasteiger partial charge on any atom is -0.342 e. The third-order valence-corrected chi connectivity index (χ3v) is 8.34. The number of carbonyl (C=O) groups is 1. The van der Waals surface area contributed by atoms with Crippen LogP contribution >= 0.6 is 0 Å². The van der Waals surface area contributed by atoms with Gasteiger partial charge in [-0.25, -0.2) is 0 Å². The zero-order chi connectivity index (χ0) is 23.5. The highest BCUT2D eigenvalue weighted by Gasteiger charge is 2.44. The second-order valence-electron chi connectivity index (χ2n) is 10.8. The highest BCUT2D eigenvalue weighted by atomic mass is 16.2. The van der Waals surface area contributed by atoms with Gasteiger partial charge in [0, 0.05) is 44.8 Å². The smallest absolute Gasteiger partial charge is 0.229 e. The summed E-state index contributed by atoms with van der Waals surface area (Å²) in [5.74, 6) is 0.333. The molecule has 0 spiro atoms. The molecule has 3 heterocycles. The van der Waals surface area contributed by atoms with E-state index in [4.69, 9.17) is 0 Å². The summed E-state index contributed by atoms with van der Waals surface area (Å²) in [5.41, 5.74) is 4.08. The van der Waals surface area contributed by atoms with E-state index in [1.165, 1.54) is 42.4 Å².